The van der Waals surface area contributed by atoms with Crippen LogP contribution in [0.3, 0.4) is 0 Å². The van der Waals surface area contributed by atoms with Gasteiger partial charge in [0.25, 0.3) is 0 Å². The summed E-state index contributed by atoms with van der Waals surface area (Å²) in [6.45, 7) is 0. The van der Waals surface area contributed by atoms with Crippen LogP contribution in [0.2, 0.25) is 0 Å². The lowest BCUT2D eigenvalue weighted by Crippen LogP contribution is -1.95. The molecule has 3 heterocycles. The second-order valence-electron chi connectivity index (χ2n) is 13.3. The molecule has 3 aromatic heterocycles. The molecule has 0 atom stereocenters. The molecule has 0 amide bonds. The molecule has 0 saturated carbocycles. The number of benzene rings is 8. The standard InChI is InChI=1S/C48H30N2S/c1-2-12-31(13-3-1)33-14-10-15-34(30-33)32-24-26-35(27-25-32)49-42-21-8-5-18-40(42)46-43(49)29-28-38-36-16-4-7-20-41(36)50(47(38)46)44-22-11-19-39-37-17-6-9-23-45(37)51-48(39)44/h1-30H. The normalized spacial score (nSPS) is 11.9. The van der Waals surface area contributed by atoms with Gasteiger partial charge in [-0.2, -0.15) is 0 Å². The van der Waals surface area contributed by atoms with Crippen LogP contribution in [-0.4, -0.2) is 9.13 Å². The number of aromatic nitrogens is 2. The fourth-order valence-electron chi connectivity index (χ4n) is 8.26. The third-order valence-corrected chi connectivity index (χ3v) is 11.7. The van der Waals surface area contributed by atoms with Crippen LogP contribution in [-0.2, 0) is 0 Å². The average molecular weight is 667 g/mol. The van der Waals surface area contributed by atoms with E-state index in [2.05, 4.69) is 191 Å². The van der Waals surface area contributed by atoms with Gasteiger partial charge in [-0.25, -0.2) is 0 Å². The van der Waals surface area contributed by atoms with Crippen molar-refractivity contribution in [2.75, 3.05) is 0 Å². The summed E-state index contributed by atoms with van der Waals surface area (Å²) in [5.74, 6) is 0. The van der Waals surface area contributed by atoms with E-state index in [0.717, 1.165) is 5.69 Å². The second-order valence-corrected chi connectivity index (χ2v) is 14.4. The lowest BCUT2D eigenvalue weighted by Gasteiger charge is -2.12. The molecule has 2 nitrogen and oxygen atoms in total. The minimum atomic E-state index is 1.15. The van der Waals surface area contributed by atoms with E-state index in [4.69, 9.17) is 0 Å². The van der Waals surface area contributed by atoms with Crippen molar-refractivity contribution in [1.82, 2.24) is 9.13 Å². The number of fused-ring (bicyclic) bond motifs is 10. The van der Waals surface area contributed by atoms with Crippen molar-refractivity contribution in [3.05, 3.63) is 182 Å². The Morgan fingerprint density at radius 1 is 0.353 bits per heavy atom. The van der Waals surface area contributed by atoms with Crippen LogP contribution >= 0.6 is 11.3 Å². The molecule has 0 aliphatic heterocycles. The quantitative estimate of drug-likeness (QED) is 0.177. The molecule has 11 aromatic rings. The molecule has 0 aliphatic rings. The van der Waals surface area contributed by atoms with Crippen molar-refractivity contribution in [1.29, 1.82) is 0 Å². The van der Waals surface area contributed by atoms with Crippen molar-refractivity contribution in [2.24, 2.45) is 0 Å². The first-order valence-corrected chi connectivity index (χ1v) is 18.3. The summed E-state index contributed by atoms with van der Waals surface area (Å²) in [5.41, 5.74) is 12.1. The monoisotopic (exact) mass is 666 g/mol. The zero-order chi connectivity index (χ0) is 33.5. The van der Waals surface area contributed by atoms with Crippen LogP contribution in [0, 0.1) is 0 Å². The highest BCUT2D eigenvalue weighted by Crippen LogP contribution is 2.45. The lowest BCUT2D eigenvalue weighted by atomic mass is 9.99. The zero-order valence-electron chi connectivity index (χ0n) is 27.6. The maximum absolute atomic E-state index is 2.53. The maximum Gasteiger partial charge on any atom is 0.0641 e. The molecule has 0 bridgehead atoms. The largest absolute Gasteiger partial charge is 0.309 e. The summed E-state index contributed by atoms with van der Waals surface area (Å²) >= 11 is 1.89. The van der Waals surface area contributed by atoms with E-state index in [1.807, 2.05) is 11.3 Å². The van der Waals surface area contributed by atoms with Crippen LogP contribution in [0.15, 0.2) is 182 Å². The van der Waals surface area contributed by atoms with Gasteiger partial charge in [0.1, 0.15) is 0 Å². The molecule has 11 rings (SSSR count). The van der Waals surface area contributed by atoms with Gasteiger partial charge < -0.3 is 9.13 Å². The molecule has 0 fully saturated rings. The number of thiophene rings is 1. The van der Waals surface area contributed by atoms with Crippen LogP contribution in [0.5, 0.6) is 0 Å². The zero-order valence-corrected chi connectivity index (χ0v) is 28.4. The number of hydrogen-bond donors (Lipinski definition) is 0. The van der Waals surface area contributed by atoms with Gasteiger partial charge >= 0.3 is 0 Å². The van der Waals surface area contributed by atoms with Crippen molar-refractivity contribution in [2.45, 2.75) is 0 Å². The molecule has 238 valence electrons. The van der Waals surface area contributed by atoms with Gasteiger partial charge in [-0.3, -0.25) is 0 Å². The average Bonchev–Trinajstić information content (AvgIpc) is 3.86. The lowest BCUT2D eigenvalue weighted by molar-refractivity contribution is 1.18. The van der Waals surface area contributed by atoms with E-state index >= 15 is 0 Å². The molecular weight excluding hydrogens is 637 g/mol. The summed E-state index contributed by atoms with van der Waals surface area (Å²) in [5, 5.41) is 7.70. The molecule has 0 aliphatic carbocycles. The van der Waals surface area contributed by atoms with E-state index < -0.39 is 0 Å². The van der Waals surface area contributed by atoms with Crippen molar-refractivity contribution >= 4 is 75.1 Å². The van der Waals surface area contributed by atoms with Crippen molar-refractivity contribution < 1.29 is 0 Å². The number of rotatable bonds is 4. The Morgan fingerprint density at radius 3 is 1.76 bits per heavy atom. The third kappa shape index (κ3) is 4.22. The van der Waals surface area contributed by atoms with Crippen LogP contribution in [0.1, 0.15) is 0 Å². The van der Waals surface area contributed by atoms with Gasteiger partial charge in [0, 0.05) is 42.7 Å². The molecule has 0 spiro atoms. The minimum Gasteiger partial charge on any atom is -0.309 e. The Kier molecular flexibility index (Phi) is 6.16. The van der Waals surface area contributed by atoms with E-state index in [1.165, 1.54) is 91.7 Å². The fourth-order valence-corrected chi connectivity index (χ4v) is 9.46. The minimum absolute atomic E-state index is 1.15. The molecular formula is C48H30N2S. The van der Waals surface area contributed by atoms with E-state index in [9.17, 15) is 0 Å². The van der Waals surface area contributed by atoms with Gasteiger partial charge in [0.05, 0.1) is 32.5 Å². The van der Waals surface area contributed by atoms with Gasteiger partial charge in [-0.1, -0.05) is 133 Å². The summed E-state index contributed by atoms with van der Waals surface area (Å²) in [4.78, 5) is 0. The van der Waals surface area contributed by atoms with Gasteiger partial charge in [0.2, 0.25) is 0 Å². The molecule has 0 saturated heterocycles. The van der Waals surface area contributed by atoms with E-state index in [1.54, 1.807) is 0 Å². The predicted octanol–water partition coefficient (Wildman–Crippen LogP) is 13.6. The van der Waals surface area contributed by atoms with Crippen LogP contribution in [0.4, 0.5) is 0 Å². The van der Waals surface area contributed by atoms with E-state index in [-0.39, 0.29) is 0 Å². The topological polar surface area (TPSA) is 9.86 Å². The predicted molar refractivity (Wildman–Crippen MR) is 219 cm³/mol. The van der Waals surface area contributed by atoms with Crippen molar-refractivity contribution in [3.8, 4) is 33.6 Å². The van der Waals surface area contributed by atoms with Gasteiger partial charge in [0.15, 0.2) is 0 Å². The fraction of sp³-hybridized carbons (Fsp3) is 0. The first-order chi connectivity index (χ1) is 25.3. The second kappa shape index (κ2) is 11.0. The Hall–Kier alpha value is -6.42. The molecule has 0 N–H and O–H groups in total. The Labute approximate surface area is 298 Å². The first kappa shape index (κ1) is 28.4. The number of hydrogen-bond acceptors (Lipinski definition) is 1. The third-order valence-electron chi connectivity index (χ3n) is 10.5. The maximum atomic E-state index is 2.53. The molecule has 0 radical (unpaired) electrons. The van der Waals surface area contributed by atoms with Gasteiger partial charge in [-0.05, 0) is 70.8 Å². The highest BCUT2D eigenvalue weighted by Gasteiger charge is 2.22. The SMILES string of the molecule is c1ccc(-c2cccc(-c3ccc(-n4c5ccccc5c5c4ccc4c6ccccc6n(-c6cccc7c6sc6ccccc67)c45)cc3)c2)cc1. The first-order valence-electron chi connectivity index (χ1n) is 17.4. The van der Waals surface area contributed by atoms with Gasteiger partial charge in [-0.15, -0.1) is 11.3 Å². The highest BCUT2D eigenvalue weighted by atomic mass is 32.1. The Morgan fingerprint density at radius 2 is 0.961 bits per heavy atom. The summed E-state index contributed by atoms with van der Waals surface area (Å²) in [6.07, 6.45) is 0. The Bertz CT molecular complexity index is 3120. The number of nitrogens with zero attached hydrogens (tertiary/aromatic N) is 2. The van der Waals surface area contributed by atoms with Crippen molar-refractivity contribution in [3.63, 3.8) is 0 Å². The van der Waals surface area contributed by atoms with Crippen LogP contribution in [0.25, 0.3) is 97.4 Å². The smallest absolute Gasteiger partial charge is 0.0641 e. The summed E-state index contributed by atoms with van der Waals surface area (Å²) in [6, 6.07) is 66.5. The summed E-state index contributed by atoms with van der Waals surface area (Å²) < 4.78 is 7.60. The summed E-state index contributed by atoms with van der Waals surface area (Å²) in [7, 11) is 0. The van der Waals surface area contributed by atoms with Crippen LogP contribution < -0.4 is 0 Å². The Balaban J connectivity index is 1.16. The molecule has 3 heteroatoms. The highest BCUT2D eigenvalue weighted by molar-refractivity contribution is 7.26. The molecule has 0 unspecified atom stereocenters. The number of para-hydroxylation sites is 2. The molecule has 8 aromatic carbocycles. The molecule has 51 heavy (non-hydrogen) atoms. The van der Waals surface area contributed by atoms with E-state index in [0.29, 0.717) is 0 Å².